The highest BCUT2D eigenvalue weighted by atomic mass is 15.1. The van der Waals surface area contributed by atoms with Crippen molar-refractivity contribution in [3.8, 4) is 0 Å². The molecule has 1 nitrogen and oxygen atoms in total. The predicted molar refractivity (Wildman–Crippen MR) is 80.0 cm³/mol. The molecular weight excluding hydrogens is 218 g/mol. The van der Waals surface area contributed by atoms with E-state index in [1.165, 1.54) is 16.7 Å². The molecular formula is C17H25N. The lowest BCUT2D eigenvalue weighted by Gasteiger charge is -2.24. The quantitative estimate of drug-likeness (QED) is 0.723. The highest BCUT2D eigenvalue weighted by molar-refractivity contribution is 5.56. The Balaban J connectivity index is 2.37. The van der Waals surface area contributed by atoms with Gasteiger partial charge in [0.05, 0.1) is 0 Å². The molecule has 1 aliphatic rings. The van der Waals surface area contributed by atoms with E-state index in [2.05, 4.69) is 70.1 Å². The Kier molecular flexibility index (Phi) is 3.63. The van der Waals surface area contributed by atoms with Gasteiger partial charge in [-0.25, -0.2) is 0 Å². The number of rotatable bonds is 1. The summed E-state index contributed by atoms with van der Waals surface area (Å²) in [7, 11) is 4.36. The van der Waals surface area contributed by atoms with Crippen molar-refractivity contribution in [1.82, 2.24) is 4.90 Å². The Bertz CT molecular complexity index is 449. The van der Waals surface area contributed by atoms with Gasteiger partial charge in [-0.15, -0.1) is 0 Å². The van der Waals surface area contributed by atoms with Crippen LogP contribution in [0.15, 0.2) is 24.3 Å². The zero-order valence-electron chi connectivity index (χ0n) is 12.3. The number of benzene rings is 1. The first-order valence-corrected chi connectivity index (χ1v) is 6.84. The van der Waals surface area contributed by atoms with Gasteiger partial charge in [-0.2, -0.15) is 0 Å². The third-order valence-electron chi connectivity index (χ3n) is 3.90. The average molecular weight is 243 g/mol. The Morgan fingerprint density at radius 1 is 1.17 bits per heavy atom. The van der Waals surface area contributed by atoms with Crippen LogP contribution < -0.4 is 0 Å². The van der Waals surface area contributed by atoms with Crippen LogP contribution in [-0.4, -0.2) is 25.0 Å². The Morgan fingerprint density at radius 2 is 1.89 bits per heavy atom. The van der Waals surface area contributed by atoms with Crippen LogP contribution in [0.3, 0.4) is 0 Å². The van der Waals surface area contributed by atoms with E-state index in [9.17, 15) is 0 Å². The van der Waals surface area contributed by atoms with E-state index < -0.39 is 0 Å². The zero-order valence-corrected chi connectivity index (χ0v) is 12.3. The molecule has 2 rings (SSSR count). The maximum absolute atomic E-state index is 2.40. The molecule has 0 aromatic heterocycles. The molecule has 0 aliphatic heterocycles. The molecule has 0 fully saturated rings. The van der Waals surface area contributed by atoms with Gasteiger partial charge >= 0.3 is 0 Å². The van der Waals surface area contributed by atoms with Gasteiger partial charge in [-0.05, 0) is 49.0 Å². The number of nitrogens with zero attached hydrogens (tertiary/aromatic N) is 1. The molecule has 0 spiro atoms. The summed E-state index contributed by atoms with van der Waals surface area (Å²) in [5.74, 6) is 0. The van der Waals surface area contributed by atoms with Crippen LogP contribution in [0.25, 0.3) is 6.08 Å². The molecule has 98 valence electrons. The van der Waals surface area contributed by atoms with Crippen molar-refractivity contribution >= 4 is 6.08 Å². The summed E-state index contributed by atoms with van der Waals surface area (Å²) >= 11 is 0. The lowest BCUT2D eigenvalue weighted by atomic mass is 9.84. The molecule has 0 amide bonds. The third kappa shape index (κ3) is 2.84. The summed E-state index contributed by atoms with van der Waals surface area (Å²) in [5, 5.41) is 0. The van der Waals surface area contributed by atoms with Gasteiger partial charge in [0.25, 0.3) is 0 Å². The average Bonchev–Trinajstić information content (AvgIpc) is 2.48. The normalized spacial score (nSPS) is 19.8. The van der Waals surface area contributed by atoms with E-state index in [0.29, 0.717) is 6.04 Å². The number of hydrogen-bond donors (Lipinski definition) is 0. The fourth-order valence-corrected chi connectivity index (χ4v) is 2.49. The first-order chi connectivity index (χ1) is 8.38. The van der Waals surface area contributed by atoms with Crippen molar-refractivity contribution in [1.29, 1.82) is 0 Å². The molecule has 1 heteroatoms. The van der Waals surface area contributed by atoms with Gasteiger partial charge in [0, 0.05) is 6.04 Å². The molecule has 0 N–H and O–H groups in total. The molecule has 0 bridgehead atoms. The predicted octanol–water partition coefficient (Wildman–Crippen LogP) is 3.87. The molecule has 0 heterocycles. The summed E-state index contributed by atoms with van der Waals surface area (Å²) in [5.41, 5.74) is 4.56. The second-order valence-electron chi connectivity index (χ2n) is 6.62. The molecule has 0 radical (unpaired) electrons. The zero-order chi connectivity index (χ0) is 13.3. The van der Waals surface area contributed by atoms with Crippen LogP contribution in [0.1, 0.15) is 43.9 Å². The molecule has 1 aliphatic carbocycles. The topological polar surface area (TPSA) is 3.24 Å². The third-order valence-corrected chi connectivity index (χ3v) is 3.90. The molecule has 1 aromatic rings. The van der Waals surface area contributed by atoms with Crippen molar-refractivity contribution in [3.05, 3.63) is 41.0 Å². The maximum Gasteiger partial charge on any atom is 0.0164 e. The summed E-state index contributed by atoms with van der Waals surface area (Å²) in [6.07, 6.45) is 6.89. The summed E-state index contributed by atoms with van der Waals surface area (Å²) in [6, 6.07) is 7.59. The summed E-state index contributed by atoms with van der Waals surface area (Å²) in [6.45, 7) is 6.85. The van der Waals surface area contributed by atoms with Crippen molar-refractivity contribution in [2.24, 2.45) is 0 Å². The van der Waals surface area contributed by atoms with E-state index >= 15 is 0 Å². The van der Waals surface area contributed by atoms with E-state index in [1.807, 2.05) is 0 Å². The van der Waals surface area contributed by atoms with Gasteiger partial charge < -0.3 is 4.90 Å². The van der Waals surface area contributed by atoms with Crippen molar-refractivity contribution < 1.29 is 0 Å². The first kappa shape index (κ1) is 13.4. The molecule has 1 aromatic carbocycles. The summed E-state index contributed by atoms with van der Waals surface area (Å²) < 4.78 is 0. The van der Waals surface area contributed by atoms with Gasteiger partial charge in [0.2, 0.25) is 0 Å². The van der Waals surface area contributed by atoms with Crippen LogP contribution >= 0.6 is 0 Å². The van der Waals surface area contributed by atoms with E-state index in [0.717, 1.165) is 12.8 Å². The Morgan fingerprint density at radius 3 is 2.50 bits per heavy atom. The van der Waals surface area contributed by atoms with Crippen molar-refractivity contribution in [2.75, 3.05) is 14.1 Å². The number of likely N-dealkylation sites (N-methyl/N-ethyl adjacent to an activating group) is 1. The van der Waals surface area contributed by atoms with E-state index in [-0.39, 0.29) is 5.41 Å². The smallest absolute Gasteiger partial charge is 0.0164 e. The summed E-state index contributed by atoms with van der Waals surface area (Å²) in [4.78, 5) is 2.34. The first-order valence-electron chi connectivity index (χ1n) is 6.84. The van der Waals surface area contributed by atoms with Crippen molar-refractivity contribution in [3.63, 3.8) is 0 Å². The van der Waals surface area contributed by atoms with E-state index in [1.54, 1.807) is 0 Å². The Hall–Kier alpha value is -1.08. The van der Waals surface area contributed by atoms with Gasteiger partial charge in [0.15, 0.2) is 0 Å². The highest BCUT2D eigenvalue weighted by Crippen LogP contribution is 2.28. The number of fused-ring (bicyclic) bond motifs is 1. The van der Waals surface area contributed by atoms with Crippen molar-refractivity contribution in [2.45, 2.75) is 45.1 Å². The molecule has 18 heavy (non-hydrogen) atoms. The van der Waals surface area contributed by atoms with Gasteiger partial charge in [0.1, 0.15) is 0 Å². The van der Waals surface area contributed by atoms with Crippen LogP contribution in [-0.2, 0) is 11.8 Å². The molecule has 1 unspecified atom stereocenters. The molecule has 1 atom stereocenters. The maximum atomic E-state index is 2.40. The van der Waals surface area contributed by atoms with Crippen LogP contribution in [0.2, 0.25) is 0 Å². The van der Waals surface area contributed by atoms with Crippen LogP contribution in [0.5, 0.6) is 0 Å². The monoisotopic (exact) mass is 243 g/mol. The van der Waals surface area contributed by atoms with Crippen LogP contribution in [0.4, 0.5) is 0 Å². The SMILES string of the molecule is CN(C)C1CC=Cc2ccc(C(C)(C)C)cc2C1. The second-order valence-corrected chi connectivity index (χ2v) is 6.62. The lowest BCUT2D eigenvalue weighted by Crippen LogP contribution is -2.29. The Labute approximate surface area is 112 Å². The van der Waals surface area contributed by atoms with Gasteiger partial charge in [-0.1, -0.05) is 51.1 Å². The second kappa shape index (κ2) is 4.89. The minimum atomic E-state index is 0.235. The number of hydrogen-bond acceptors (Lipinski definition) is 1. The molecule has 0 saturated carbocycles. The van der Waals surface area contributed by atoms with Crippen LogP contribution in [0, 0.1) is 0 Å². The molecule has 0 saturated heterocycles. The van der Waals surface area contributed by atoms with E-state index in [4.69, 9.17) is 0 Å². The largest absolute Gasteiger partial charge is 0.306 e. The lowest BCUT2D eigenvalue weighted by molar-refractivity contribution is 0.294. The minimum Gasteiger partial charge on any atom is -0.306 e. The highest BCUT2D eigenvalue weighted by Gasteiger charge is 2.19. The minimum absolute atomic E-state index is 0.235. The fraction of sp³-hybridized carbons (Fsp3) is 0.529. The van der Waals surface area contributed by atoms with Gasteiger partial charge in [-0.3, -0.25) is 0 Å². The fourth-order valence-electron chi connectivity index (χ4n) is 2.49. The standard InChI is InChI=1S/C17H25N/c1-17(2,3)15-10-9-13-7-6-8-16(18(4)5)12-14(13)11-15/h6-7,9-11,16H,8,12H2,1-5H3.